The van der Waals surface area contributed by atoms with E-state index in [1.54, 1.807) is 0 Å². The van der Waals surface area contributed by atoms with Crippen LogP contribution in [0.25, 0.3) is 0 Å². The molecule has 1 heterocycles. The monoisotopic (exact) mass is 212 g/mol. The van der Waals surface area contributed by atoms with Crippen molar-refractivity contribution >= 4 is 0 Å². The summed E-state index contributed by atoms with van der Waals surface area (Å²) in [6.07, 6.45) is 4.54. The summed E-state index contributed by atoms with van der Waals surface area (Å²) >= 11 is 0. The van der Waals surface area contributed by atoms with Crippen LogP contribution in [0.3, 0.4) is 0 Å². The predicted molar refractivity (Wildman–Crippen MR) is 62.7 cm³/mol. The van der Waals surface area contributed by atoms with Gasteiger partial charge in [-0.2, -0.15) is 0 Å². The molecular formula is C13H24O2. The van der Waals surface area contributed by atoms with Gasteiger partial charge in [0.25, 0.3) is 0 Å². The quantitative estimate of drug-likeness (QED) is 0.666. The largest absolute Gasteiger partial charge is 0.352 e. The third-order valence-electron chi connectivity index (χ3n) is 2.82. The van der Waals surface area contributed by atoms with Gasteiger partial charge < -0.3 is 9.47 Å². The Morgan fingerprint density at radius 3 is 2.60 bits per heavy atom. The molecule has 1 aliphatic heterocycles. The molecule has 1 rings (SSSR count). The molecule has 2 atom stereocenters. The smallest absolute Gasteiger partial charge is 0.163 e. The molecule has 0 radical (unpaired) electrons. The molecule has 0 aromatic heterocycles. The van der Waals surface area contributed by atoms with E-state index >= 15 is 0 Å². The van der Waals surface area contributed by atoms with Gasteiger partial charge in [0.15, 0.2) is 6.29 Å². The molecule has 2 heteroatoms. The maximum atomic E-state index is 5.83. The van der Waals surface area contributed by atoms with E-state index < -0.39 is 0 Å². The second kappa shape index (κ2) is 5.13. The summed E-state index contributed by atoms with van der Waals surface area (Å²) in [4.78, 5) is 0. The van der Waals surface area contributed by atoms with Crippen molar-refractivity contribution < 1.29 is 9.47 Å². The Morgan fingerprint density at radius 1 is 1.40 bits per heavy atom. The first-order valence-corrected chi connectivity index (χ1v) is 5.82. The first kappa shape index (κ1) is 12.7. The lowest BCUT2D eigenvalue weighted by Crippen LogP contribution is -2.41. The van der Waals surface area contributed by atoms with E-state index in [-0.39, 0.29) is 11.7 Å². The Kier molecular flexibility index (Phi) is 4.35. The van der Waals surface area contributed by atoms with Crippen LogP contribution in [0.1, 0.15) is 47.5 Å². The van der Waals surface area contributed by atoms with Crippen molar-refractivity contribution in [1.29, 1.82) is 0 Å². The highest BCUT2D eigenvalue weighted by atomic mass is 16.7. The van der Waals surface area contributed by atoms with Gasteiger partial charge in [0, 0.05) is 5.41 Å². The summed E-state index contributed by atoms with van der Waals surface area (Å²) < 4.78 is 11.5. The minimum Gasteiger partial charge on any atom is -0.352 e. The molecule has 0 N–H and O–H groups in total. The molecule has 0 bridgehead atoms. The number of ether oxygens (including phenoxy) is 2. The van der Waals surface area contributed by atoms with Gasteiger partial charge in [0.1, 0.15) is 0 Å². The lowest BCUT2D eigenvalue weighted by molar-refractivity contribution is -0.251. The van der Waals surface area contributed by atoms with Crippen molar-refractivity contribution in [3.63, 3.8) is 0 Å². The van der Waals surface area contributed by atoms with E-state index in [0.717, 1.165) is 19.4 Å². The first-order valence-electron chi connectivity index (χ1n) is 5.82. The number of hydrogen-bond acceptors (Lipinski definition) is 2. The molecule has 15 heavy (non-hydrogen) atoms. The van der Waals surface area contributed by atoms with Crippen molar-refractivity contribution in [2.75, 3.05) is 6.61 Å². The van der Waals surface area contributed by atoms with Crippen LogP contribution in [0, 0.1) is 5.41 Å². The third-order valence-corrected chi connectivity index (χ3v) is 2.82. The van der Waals surface area contributed by atoms with E-state index in [1.807, 2.05) is 0 Å². The normalized spacial score (nSPS) is 27.5. The molecule has 0 spiro atoms. The van der Waals surface area contributed by atoms with Gasteiger partial charge in [0.2, 0.25) is 0 Å². The average Bonchev–Trinajstić information content (AvgIpc) is 2.15. The van der Waals surface area contributed by atoms with Gasteiger partial charge in [-0.15, -0.1) is 0 Å². The van der Waals surface area contributed by atoms with Crippen molar-refractivity contribution in [2.24, 2.45) is 5.41 Å². The van der Waals surface area contributed by atoms with Crippen LogP contribution < -0.4 is 0 Å². The average molecular weight is 212 g/mol. The molecule has 0 aliphatic carbocycles. The Bertz CT molecular complexity index is 227. The maximum Gasteiger partial charge on any atom is 0.163 e. The van der Waals surface area contributed by atoms with Crippen molar-refractivity contribution in [1.82, 2.24) is 0 Å². The van der Waals surface area contributed by atoms with Crippen molar-refractivity contribution in [3.8, 4) is 0 Å². The Balaban J connectivity index is 2.55. The van der Waals surface area contributed by atoms with E-state index in [1.165, 1.54) is 5.57 Å². The highest BCUT2D eigenvalue weighted by Gasteiger charge is 2.33. The molecule has 0 aromatic carbocycles. The summed E-state index contributed by atoms with van der Waals surface area (Å²) in [5, 5.41) is 0. The van der Waals surface area contributed by atoms with Crippen LogP contribution in [0.5, 0.6) is 0 Å². The van der Waals surface area contributed by atoms with Crippen LogP contribution in [0.4, 0.5) is 0 Å². The maximum absolute atomic E-state index is 5.83. The molecule has 1 aliphatic rings. The van der Waals surface area contributed by atoms with Gasteiger partial charge >= 0.3 is 0 Å². The zero-order valence-corrected chi connectivity index (χ0v) is 10.7. The molecular weight excluding hydrogens is 188 g/mol. The zero-order valence-electron chi connectivity index (χ0n) is 10.7. The molecule has 0 amide bonds. The molecule has 0 saturated carbocycles. The summed E-state index contributed by atoms with van der Waals surface area (Å²) in [6.45, 7) is 11.6. The van der Waals surface area contributed by atoms with E-state index in [0.29, 0.717) is 6.10 Å². The summed E-state index contributed by atoms with van der Waals surface area (Å²) in [5.74, 6) is 0. The molecule has 88 valence electrons. The second-order valence-corrected chi connectivity index (χ2v) is 5.41. The highest BCUT2D eigenvalue weighted by Crippen LogP contribution is 2.32. The summed E-state index contributed by atoms with van der Waals surface area (Å²) in [6, 6.07) is 0. The number of hydrogen-bond donors (Lipinski definition) is 0. The van der Waals surface area contributed by atoms with E-state index in [9.17, 15) is 0 Å². The molecule has 2 nitrogen and oxygen atoms in total. The van der Waals surface area contributed by atoms with Gasteiger partial charge in [0.05, 0.1) is 12.7 Å². The predicted octanol–water partition coefficient (Wildman–Crippen LogP) is 3.52. The van der Waals surface area contributed by atoms with Gasteiger partial charge in [-0.1, -0.05) is 25.5 Å². The number of allylic oxidation sites excluding steroid dienone is 2. The minimum atomic E-state index is -0.0585. The summed E-state index contributed by atoms with van der Waals surface area (Å²) in [7, 11) is 0. The molecule has 1 saturated heterocycles. The molecule has 1 fully saturated rings. The van der Waals surface area contributed by atoms with E-state index in [4.69, 9.17) is 9.47 Å². The standard InChI is InChI=1S/C13H24O2/c1-10(2)6-8-13(4,5)12-14-9-7-11(3)15-12/h6,11-12H,7-9H2,1-5H3/t11-,12-/m0/s1. The Labute approximate surface area is 93.7 Å². The van der Waals surface area contributed by atoms with Crippen LogP contribution in [0.15, 0.2) is 11.6 Å². The van der Waals surface area contributed by atoms with Crippen LogP contribution >= 0.6 is 0 Å². The van der Waals surface area contributed by atoms with Gasteiger partial charge in [-0.05, 0) is 33.6 Å². The van der Waals surface area contributed by atoms with Crippen LogP contribution in [-0.2, 0) is 9.47 Å². The highest BCUT2D eigenvalue weighted by molar-refractivity contribution is 4.97. The second-order valence-electron chi connectivity index (χ2n) is 5.41. The van der Waals surface area contributed by atoms with Gasteiger partial charge in [-0.3, -0.25) is 0 Å². The van der Waals surface area contributed by atoms with Gasteiger partial charge in [-0.25, -0.2) is 0 Å². The lowest BCUT2D eigenvalue weighted by Gasteiger charge is -2.38. The van der Waals surface area contributed by atoms with Crippen LogP contribution in [-0.4, -0.2) is 19.0 Å². The van der Waals surface area contributed by atoms with E-state index in [2.05, 4.69) is 40.7 Å². The summed E-state index contributed by atoms with van der Waals surface area (Å²) in [5.41, 5.74) is 1.42. The topological polar surface area (TPSA) is 18.5 Å². The minimum absolute atomic E-state index is 0.0585. The fraction of sp³-hybridized carbons (Fsp3) is 0.846. The lowest BCUT2D eigenvalue weighted by atomic mass is 9.87. The van der Waals surface area contributed by atoms with Crippen molar-refractivity contribution in [2.45, 2.75) is 59.9 Å². The Hall–Kier alpha value is -0.340. The third kappa shape index (κ3) is 3.96. The zero-order chi connectivity index (χ0) is 11.5. The Morgan fingerprint density at radius 2 is 2.07 bits per heavy atom. The molecule has 0 unspecified atom stereocenters. The fourth-order valence-corrected chi connectivity index (χ4v) is 1.63. The fourth-order valence-electron chi connectivity index (χ4n) is 1.63. The van der Waals surface area contributed by atoms with Crippen molar-refractivity contribution in [3.05, 3.63) is 11.6 Å². The SMILES string of the molecule is CC(C)=CCC(C)(C)[C@H]1OCC[C@H](C)O1. The number of rotatable bonds is 3. The van der Waals surface area contributed by atoms with Crippen LogP contribution in [0.2, 0.25) is 0 Å². The molecule has 0 aromatic rings. The first-order chi connectivity index (χ1) is 6.92.